The summed E-state index contributed by atoms with van der Waals surface area (Å²) in [5, 5.41) is 0. The quantitative estimate of drug-likeness (QED) is 0.269. The monoisotopic (exact) mass is 196 g/mol. The van der Waals surface area contributed by atoms with Crippen LogP contribution in [0.15, 0.2) is 12.2 Å². The predicted molar refractivity (Wildman–Crippen MR) is 53.5 cm³/mol. The SMILES string of the molecule is CC=CC(N)=O.C[N+](C)(C)N.Cl. The Balaban J connectivity index is -0.000000126. The van der Waals surface area contributed by atoms with Gasteiger partial charge in [0.2, 0.25) is 5.91 Å². The van der Waals surface area contributed by atoms with Gasteiger partial charge in [-0.25, -0.2) is 0 Å². The van der Waals surface area contributed by atoms with Gasteiger partial charge < -0.3 is 5.73 Å². The highest BCUT2D eigenvalue weighted by molar-refractivity contribution is 5.85. The van der Waals surface area contributed by atoms with Gasteiger partial charge in [-0.15, -0.1) is 12.4 Å². The third-order valence-corrected chi connectivity index (χ3v) is 0.331. The van der Waals surface area contributed by atoms with Crippen molar-refractivity contribution in [3.05, 3.63) is 12.2 Å². The van der Waals surface area contributed by atoms with E-state index >= 15 is 0 Å². The first kappa shape index (κ1) is 17.5. The molecule has 0 atom stereocenters. The van der Waals surface area contributed by atoms with E-state index in [4.69, 9.17) is 5.84 Å². The van der Waals surface area contributed by atoms with Crippen molar-refractivity contribution in [2.24, 2.45) is 11.6 Å². The van der Waals surface area contributed by atoms with Crippen LogP contribution in [0.2, 0.25) is 0 Å². The van der Waals surface area contributed by atoms with Gasteiger partial charge in [-0.05, 0) is 13.0 Å². The van der Waals surface area contributed by atoms with E-state index in [1.165, 1.54) is 6.08 Å². The number of nitrogens with zero attached hydrogens (tertiary/aromatic N) is 1. The zero-order valence-electron chi connectivity index (χ0n) is 8.07. The molecule has 0 fully saturated rings. The maximum atomic E-state index is 9.73. The minimum absolute atomic E-state index is 0. The maximum Gasteiger partial charge on any atom is 0.241 e. The fourth-order valence-electron chi connectivity index (χ4n) is 0.164. The second kappa shape index (κ2) is 8.52. The van der Waals surface area contributed by atoms with E-state index in [0.717, 1.165) is 0 Å². The number of carbonyl (C=O) groups excluding carboxylic acids is 1. The molecule has 0 heterocycles. The zero-order chi connectivity index (χ0) is 9.49. The van der Waals surface area contributed by atoms with Crippen LogP contribution in [-0.2, 0) is 4.79 Å². The Morgan fingerprint density at radius 1 is 1.33 bits per heavy atom. The molecular weight excluding hydrogens is 178 g/mol. The molecule has 4 nitrogen and oxygen atoms in total. The van der Waals surface area contributed by atoms with E-state index in [0.29, 0.717) is 4.59 Å². The lowest BCUT2D eigenvalue weighted by Gasteiger charge is -2.12. The molecule has 0 aliphatic rings. The summed E-state index contributed by atoms with van der Waals surface area (Å²) in [6.45, 7) is 1.74. The van der Waals surface area contributed by atoms with Gasteiger partial charge in [-0.2, -0.15) is 5.84 Å². The fourth-order valence-corrected chi connectivity index (χ4v) is 0.164. The van der Waals surface area contributed by atoms with Gasteiger partial charge >= 0.3 is 0 Å². The summed E-state index contributed by atoms with van der Waals surface area (Å²) in [4.78, 5) is 9.73. The summed E-state index contributed by atoms with van der Waals surface area (Å²) >= 11 is 0. The molecule has 0 radical (unpaired) electrons. The van der Waals surface area contributed by atoms with E-state index in [-0.39, 0.29) is 12.4 Å². The number of hydrogen-bond donors (Lipinski definition) is 2. The third-order valence-electron chi connectivity index (χ3n) is 0.331. The summed E-state index contributed by atoms with van der Waals surface area (Å²) < 4.78 is 0.500. The highest BCUT2D eigenvalue weighted by Gasteiger charge is 1.89. The molecule has 12 heavy (non-hydrogen) atoms. The standard InChI is InChI=1S/C4H7NO.C3H11N2.ClH/c1-2-3-4(5)6;1-5(2,3)4;/h2-3H,1H3,(H2,5,6);4H2,1-3H3;1H/q;+1;. The second-order valence-corrected chi connectivity index (χ2v) is 3.02. The molecule has 0 rings (SSSR count). The zero-order valence-corrected chi connectivity index (χ0v) is 8.89. The number of hydrogen-bond acceptors (Lipinski definition) is 2. The van der Waals surface area contributed by atoms with Gasteiger partial charge in [0.1, 0.15) is 0 Å². The normalized spacial score (nSPS) is 9.75. The lowest BCUT2D eigenvalue weighted by atomic mass is 10.5. The number of amides is 1. The number of primary amides is 1. The number of quaternary nitrogens is 1. The molecule has 74 valence electrons. The summed E-state index contributed by atoms with van der Waals surface area (Å²) in [7, 11) is 5.71. The van der Waals surface area contributed by atoms with Crippen LogP contribution >= 0.6 is 12.4 Å². The molecule has 0 aliphatic heterocycles. The fraction of sp³-hybridized carbons (Fsp3) is 0.571. The van der Waals surface area contributed by atoms with Crippen LogP contribution in [0.4, 0.5) is 0 Å². The molecule has 5 heteroatoms. The van der Waals surface area contributed by atoms with Crippen LogP contribution in [0, 0.1) is 0 Å². The van der Waals surface area contributed by atoms with E-state index in [1.807, 2.05) is 21.1 Å². The van der Waals surface area contributed by atoms with Crippen molar-refractivity contribution < 1.29 is 9.39 Å². The Bertz CT molecular complexity index is 134. The van der Waals surface area contributed by atoms with Crippen LogP contribution in [0.3, 0.4) is 0 Å². The lowest BCUT2D eigenvalue weighted by Crippen LogP contribution is -2.41. The van der Waals surface area contributed by atoms with Crippen LogP contribution in [-0.4, -0.2) is 31.6 Å². The molecule has 0 aromatic rings. The topological polar surface area (TPSA) is 69.1 Å². The molecule has 1 amide bonds. The molecule has 0 unspecified atom stereocenters. The molecule has 0 saturated carbocycles. The van der Waals surface area contributed by atoms with Gasteiger partial charge in [-0.1, -0.05) is 6.08 Å². The molecule has 0 bridgehead atoms. The second-order valence-electron chi connectivity index (χ2n) is 3.02. The van der Waals surface area contributed by atoms with Crippen molar-refractivity contribution in [3.8, 4) is 0 Å². The first-order valence-electron chi connectivity index (χ1n) is 3.29. The first-order valence-corrected chi connectivity index (χ1v) is 3.29. The summed E-state index contributed by atoms with van der Waals surface area (Å²) in [5.41, 5.74) is 4.68. The van der Waals surface area contributed by atoms with Gasteiger partial charge in [-0.3, -0.25) is 9.39 Å². The molecule has 0 saturated heterocycles. The van der Waals surface area contributed by atoms with E-state index < -0.39 is 5.91 Å². The lowest BCUT2D eigenvalue weighted by molar-refractivity contribution is -0.882. The van der Waals surface area contributed by atoms with Gasteiger partial charge in [0.25, 0.3) is 0 Å². The molecule has 0 spiro atoms. The Morgan fingerprint density at radius 3 is 1.58 bits per heavy atom. The Hall–Kier alpha value is -0.580. The van der Waals surface area contributed by atoms with Crippen molar-refractivity contribution in [3.63, 3.8) is 0 Å². The molecule has 0 aromatic heterocycles. The molecule has 0 aromatic carbocycles. The number of carbonyl (C=O) groups is 1. The number of halogens is 1. The Kier molecular flexibility index (Phi) is 12.4. The van der Waals surface area contributed by atoms with Crippen LogP contribution in [0.5, 0.6) is 0 Å². The third kappa shape index (κ3) is 114. The summed E-state index contributed by atoms with van der Waals surface area (Å²) in [6.07, 6.45) is 2.91. The van der Waals surface area contributed by atoms with Gasteiger partial charge in [0.15, 0.2) is 0 Å². The van der Waals surface area contributed by atoms with Crippen LogP contribution in [0.25, 0.3) is 0 Å². The minimum Gasteiger partial charge on any atom is -0.366 e. The largest absolute Gasteiger partial charge is 0.366 e. The van der Waals surface area contributed by atoms with Gasteiger partial charge in [0.05, 0.1) is 21.1 Å². The van der Waals surface area contributed by atoms with Crippen molar-refractivity contribution in [2.45, 2.75) is 6.92 Å². The van der Waals surface area contributed by atoms with Crippen molar-refractivity contribution in [2.75, 3.05) is 21.1 Å². The summed E-state index contributed by atoms with van der Waals surface area (Å²) in [5.74, 6) is 4.90. The van der Waals surface area contributed by atoms with Crippen molar-refractivity contribution in [1.29, 1.82) is 0 Å². The van der Waals surface area contributed by atoms with Crippen molar-refractivity contribution >= 4 is 18.3 Å². The highest BCUT2D eigenvalue weighted by Crippen LogP contribution is 1.65. The maximum absolute atomic E-state index is 9.73. The average Bonchev–Trinajstić information content (AvgIpc) is 1.58. The van der Waals surface area contributed by atoms with E-state index in [1.54, 1.807) is 13.0 Å². The predicted octanol–water partition coefficient (Wildman–Crippen LogP) is 0.0359. The van der Waals surface area contributed by atoms with Gasteiger partial charge in [0, 0.05) is 0 Å². The molecule has 4 N–H and O–H groups in total. The minimum atomic E-state index is -0.391. The smallest absolute Gasteiger partial charge is 0.241 e. The highest BCUT2D eigenvalue weighted by atomic mass is 35.5. The van der Waals surface area contributed by atoms with Crippen LogP contribution < -0.4 is 11.6 Å². The number of nitrogens with two attached hydrogens (primary N) is 2. The Morgan fingerprint density at radius 2 is 1.58 bits per heavy atom. The number of rotatable bonds is 1. The summed E-state index contributed by atoms with van der Waals surface area (Å²) in [6, 6.07) is 0. The molecular formula is C7H19ClN3O+. The first-order chi connectivity index (χ1) is 4.77. The average molecular weight is 197 g/mol. The van der Waals surface area contributed by atoms with Crippen LogP contribution in [0.1, 0.15) is 6.92 Å². The molecule has 0 aliphatic carbocycles. The van der Waals surface area contributed by atoms with E-state index in [2.05, 4.69) is 5.73 Å². The number of allylic oxidation sites excluding steroid dienone is 1. The van der Waals surface area contributed by atoms with Crippen molar-refractivity contribution in [1.82, 2.24) is 0 Å². The van der Waals surface area contributed by atoms with E-state index in [9.17, 15) is 4.79 Å². The Labute approximate surface area is 80.2 Å².